The highest BCUT2D eigenvalue weighted by Gasteiger charge is 2.12. The van der Waals surface area contributed by atoms with E-state index < -0.39 is 0 Å². The molecule has 4 rings (SSSR count). The number of halogens is 1. The average Bonchev–Trinajstić information content (AvgIpc) is 3.10. The molecule has 0 bridgehead atoms. The van der Waals surface area contributed by atoms with E-state index in [0.29, 0.717) is 30.3 Å². The smallest absolute Gasteiger partial charge is 0.251 e. The monoisotopic (exact) mass is 419 g/mol. The van der Waals surface area contributed by atoms with Crippen molar-refractivity contribution in [1.29, 1.82) is 0 Å². The number of carbonyl (C=O) groups excluding carboxylic acids is 1. The first-order valence-corrected chi connectivity index (χ1v) is 10.2. The number of aromatic nitrogens is 2. The van der Waals surface area contributed by atoms with Crippen LogP contribution < -0.4 is 10.1 Å². The van der Waals surface area contributed by atoms with Gasteiger partial charge in [-0.1, -0.05) is 35.9 Å². The number of rotatable bonds is 7. The van der Waals surface area contributed by atoms with Gasteiger partial charge in [0.2, 0.25) is 0 Å². The second-order valence-corrected chi connectivity index (χ2v) is 7.46. The Morgan fingerprint density at radius 3 is 2.67 bits per heavy atom. The zero-order chi connectivity index (χ0) is 20.9. The van der Waals surface area contributed by atoms with Crippen molar-refractivity contribution in [3.63, 3.8) is 0 Å². The third-order valence-electron chi connectivity index (χ3n) is 4.82. The van der Waals surface area contributed by atoms with Crippen molar-refractivity contribution in [2.24, 2.45) is 0 Å². The van der Waals surface area contributed by atoms with Gasteiger partial charge in [-0.05, 0) is 61.0 Å². The van der Waals surface area contributed by atoms with E-state index in [1.165, 1.54) is 0 Å². The summed E-state index contributed by atoms with van der Waals surface area (Å²) in [6, 6.07) is 22.7. The normalized spacial score (nSPS) is 10.9. The van der Waals surface area contributed by atoms with Crippen LogP contribution >= 0.6 is 11.6 Å². The number of ether oxygens (including phenoxy) is 1. The van der Waals surface area contributed by atoms with E-state index in [-0.39, 0.29) is 5.91 Å². The topological polar surface area (TPSA) is 56.1 Å². The summed E-state index contributed by atoms with van der Waals surface area (Å²) in [5.74, 6) is 1.46. The largest absolute Gasteiger partial charge is 0.492 e. The van der Waals surface area contributed by atoms with E-state index in [1.807, 2.05) is 55.5 Å². The molecule has 30 heavy (non-hydrogen) atoms. The number of benzene rings is 3. The van der Waals surface area contributed by atoms with Gasteiger partial charge in [0.1, 0.15) is 18.2 Å². The maximum atomic E-state index is 12.5. The molecule has 0 radical (unpaired) electrons. The van der Waals surface area contributed by atoms with Gasteiger partial charge < -0.3 is 14.6 Å². The summed E-state index contributed by atoms with van der Waals surface area (Å²) < 4.78 is 8.01. The third kappa shape index (κ3) is 4.63. The molecule has 4 aromatic rings. The molecule has 0 spiro atoms. The number of imidazole rings is 1. The molecule has 0 fully saturated rings. The second kappa shape index (κ2) is 9.01. The van der Waals surface area contributed by atoms with Crippen molar-refractivity contribution >= 4 is 28.5 Å². The predicted octanol–water partition coefficient (Wildman–Crippen LogP) is 5.01. The lowest BCUT2D eigenvalue weighted by atomic mass is 10.2. The van der Waals surface area contributed by atoms with Crippen LogP contribution in [0, 0.1) is 6.92 Å². The summed E-state index contributed by atoms with van der Waals surface area (Å²) >= 11 is 5.90. The van der Waals surface area contributed by atoms with E-state index in [9.17, 15) is 4.79 Å². The molecule has 3 aromatic carbocycles. The number of carbonyl (C=O) groups is 1. The van der Waals surface area contributed by atoms with Crippen molar-refractivity contribution in [3.05, 3.63) is 94.8 Å². The number of nitrogens with one attached hydrogen (secondary N) is 1. The molecule has 6 heteroatoms. The molecular formula is C24H22ClN3O2. The number of fused-ring (bicyclic) bond motifs is 1. The van der Waals surface area contributed by atoms with E-state index in [4.69, 9.17) is 21.3 Å². The molecule has 1 N–H and O–H groups in total. The third-order valence-corrected chi connectivity index (χ3v) is 5.07. The van der Waals surface area contributed by atoms with Gasteiger partial charge in [0.05, 0.1) is 24.1 Å². The van der Waals surface area contributed by atoms with Crippen LogP contribution in [-0.2, 0) is 13.1 Å². The summed E-state index contributed by atoms with van der Waals surface area (Å²) in [5.41, 5.74) is 3.63. The molecule has 0 saturated carbocycles. The van der Waals surface area contributed by atoms with Gasteiger partial charge in [0.25, 0.3) is 5.91 Å². The minimum Gasteiger partial charge on any atom is -0.492 e. The molecule has 0 aliphatic heterocycles. The Kier molecular flexibility index (Phi) is 6.00. The van der Waals surface area contributed by atoms with Crippen LogP contribution in [0.3, 0.4) is 0 Å². The zero-order valence-corrected chi connectivity index (χ0v) is 17.4. The number of amides is 1. The Bertz CT molecular complexity index is 1170. The summed E-state index contributed by atoms with van der Waals surface area (Å²) in [4.78, 5) is 17.2. The SMILES string of the molecule is Cc1cccc(OCCn2c(CNC(=O)c3ccc(Cl)cc3)nc3ccccc32)c1. The lowest BCUT2D eigenvalue weighted by Gasteiger charge is -2.12. The van der Waals surface area contributed by atoms with Crippen molar-refractivity contribution in [3.8, 4) is 5.75 Å². The molecule has 0 aliphatic carbocycles. The molecule has 152 valence electrons. The van der Waals surface area contributed by atoms with Gasteiger partial charge in [-0.3, -0.25) is 4.79 Å². The lowest BCUT2D eigenvalue weighted by Crippen LogP contribution is -2.25. The second-order valence-electron chi connectivity index (χ2n) is 7.02. The van der Waals surface area contributed by atoms with E-state index in [0.717, 1.165) is 28.2 Å². The number of para-hydroxylation sites is 2. The van der Waals surface area contributed by atoms with Gasteiger partial charge in [-0.25, -0.2) is 4.98 Å². The summed E-state index contributed by atoms with van der Waals surface area (Å²) in [6.45, 7) is 3.49. The molecule has 1 heterocycles. The minimum absolute atomic E-state index is 0.165. The highest BCUT2D eigenvalue weighted by atomic mass is 35.5. The first-order chi connectivity index (χ1) is 14.6. The number of aryl methyl sites for hydroxylation is 1. The Morgan fingerprint density at radius 2 is 1.87 bits per heavy atom. The fourth-order valence-electron chi connectivity index (χ4n) is 3.33. The maximum absolute atomic E-state index is 12.5. The standard InChI is InChI=1S/C24H22ClN3O2/c1-17-5-4-6-20(15-17)30-14-13-28-22-8-3-2-7-21(22)27-23(28)16-26-24(29)18-9-11-19(25)12-10-18/h2-12,15H,13-14,16H2,1H3,(H,26,29). The van der Waals surface area contributed by atoms with Crippen LogP contribution in [0.2, 0.25) is 5.02 Å². The number of hydrogen-bond donors (Lipinski definition) is 1. The van der Waals surface area contributed by atoms with E-state index >= 15 is 0 Å². The van der Waals surface area contributed by atoms with Gasteiger partial charge in [-0.15, -0.1) is 0 Å². The lowest BCUT2D eigenvalue weighted by molar-refractivity contribution is 0.0949. The van der Waals surface area contributed by atoms with E-state index in [1.54, 1.807) is 24.3 Å². The Morgan fingerprint density at radius 1 is 1.07 bits per heavy atom. The molecule has 1 amide bonds. The summed E-state index contributed by atoms with van der Waals surface area (Å²) in [6.07, 6.45) is 0. The molecule has 0 unspecified atom stereocenters. The van der Waals surface area contributed by atoms with Crippen LogP contribution in [0.5, 0.6) is 5.75 Å². The first kappa shape index (κ1) is 20.0. The fourth-order valence-corrected chi connectivity index (χ4v) is 3.46. The highest BCUT2D eigenvalue weighted by Crippen LogP contribution is 2.18. The summed E-state index contributed by atoms with van der Waals surface area (Å²) in [7, 11) is 0. The predicted molar refractivity (Wildman–Crippen MR) is 119 cm³/mol. The Labute approximate surface area is 180 Å². The number of nitrogens with zero attached hydrogens (tertiary/aromatic N) is 2. The zero-order valence-electron chi connectivity index (χ0n) is 16.6. The molecule has 0 atom stereocenters. The van der Waals surface area contributed by atoms with Crippen LogP contribution in [-0.4, -0.2) is 22.1 Å². The minimum atomic E-state index is -0.165. The first-order valence-electron chi connectivity index (χ1n) is 9.77. The fraction of sp³-hybridized carbons (Fsp3) is 0.167. The molecule has 1 aromatic heterocycles. The Hall–Kier alpha value is -3.31. The Balaban J connectivity index is 1.48. The number of hydrogen-bond acceptors (Lipinski definition) is 3. The molecular weight excluding hydrogens is 398 g/mol. The van der Waals surface area contributed by atoms with Crippen LogP contribution in [0.15, 0.2) is 72.8 Å². The van der Waals surface area contributed by atoms with Crippen molar-refractivity contribution < 1.29 is 9.53 Å². The highest BCUT2D eigenvalue weighted by molar-refractivity contribution is 6.30. The van der Waals surface area contributed by atoms with Crippen molar-refractivity contribution in [2.45, 2.75) is 20.0 Å². The van der Waals surface area contributed by atoms with Crippen LogP contribution in [0.1, 0.15) is 21.7 Å². The quantitative estimate of drug-likeness (QED) is 0.458. The van der Waals surface area contributed by atoms with Gasteiger partial charge >= 0.3 is 0 Å². The summed E-state index contributed by atoms with van der Waals surface area (Å²) in [5, 5.41) is 3.54. The van der Waals surface area contributed by atoms with Crippen LogP contribution in [0.4, 0.5) is 0 Å². The molecule has 0 saturated heterocycles. The van der Waals surface area contributed by atoms with Crippen molar-refractivity contribution in [2.75, 3.05) is 6.61 Å². The molecule has 0 aliphatic rings. The molecule has 5 nitrogen and oxygen atoms in total. The van der Waals surface area contributed by atoms with Gasteiger partial charge in [-0.2, -0.15) is 0 Å². The average molecular weight is 420 g/mol. The van der Waals surface area contributed by atoms with Gasteiger partial charge in [0.15, 0.2) is 0 Å². The van der Waals surface area contributed by atoms with Gasteiger partial charge in [0, 0.05) is 10.6 Å². The van der Waals surface area contributed by atoms with E-state index in [2.05, 4.69) is 9.88 Å². The van der Waals surface area contributed by atoms with Crippen LogP contribution in [0.25, 0.3) is 11.0 Å². The maximum Gasteiger partial charge on any atom is 0.251 e. The van der Waals surface area contributed by atoms with Crippen molar-refractivity contribution in [1.82, 2.24) is 14.9 Å².